The number of rotatable bonds is 8. The second-order valence-corrected chi connectivity index (χ2v) is 5.66. The molecule has 19 heavy (non-hydrogen) atoms. The van der Waals surface area contributed by atoms with E-state index in [2.05, 4.69) is 46.9 Å². The molecule has 0 spiro atoms. The summed E-state index contributed by atoms with van der Waals surface area (Å²) < 4.78 is 5.34. The Morgan fingerprint density at radius 2 is 2.37 bits per heavy atom. The van der Waals surface area contributed by atoms with Gasteiger partial charge < -0.3 is 9.84 Å². The highest BCUT2D eigenvalue weighted by Gasteiger charge is 2.07. The molecule has 0 bridgehead atoms. The molecular weight excluding hydrogens is 258 g/mol. The lowest BCUT2D eigenvalue weighted by molar-refractivity contribution is 0.274. The third kappa shape index (κ3) is 4.78. The summed E-state index contributed by atoms with van der Waals surface area (Å²) in [6.07, 6.45) is 1.09. The summed E-state index contributed by atoms with van der Waals surface area (Å²) in [5.74, 6) is 0.932. The Bertz CT molecular complexity index is 467. The lowest BCUT2D eigenvalue weighted by Crippen LogP contribution is -2.20. The van der Waals surface area contributed by atoms with Crippen LogP contribution in [-0.2, 0) is 19.5 Å². The Hall–Kier alpha value is -1.17. The second-order valence-electron chi connectivity index (χ2n) is 4.63. The van der Waals surface area contributed by atoms with Crippen molar-refractivity contribution >= 4 is 11.3 Å². The number of hydrogen-bond donors (Lipinski definition) is 1. The Balaban J connectivity index is 1.75. The maximum Gasteiger partial charge on any atom is 0.151 e. The summed E-state index contributed by atoms with van der Waals surface area (Å²) in [5.41, 5.74) is 0.975. The molecule has 0 saturated heterocycles. The van der Waals surface area contributed by atoms with Crippen molar-refractivity contribution in [3.63, 3.8) is 0 Å². The van der Waals surface area contributed by atoms with Crippen molar-refractivity contribution in [1.82, 2.24) is 15.4 Å². The zero-order chi connectivity index (χ0) is 13.5. The molecule has 2 aromatic heterocycles. The molecule has 0 fully saturated rings. The maximum atomic E-state index is 5.34. The zero-order valence-corrected chi connectivity index (χ0v) is 12.4. The number of nitrogens with one attached hydrogen (secondary N) is 1. The first-order valence-electron chi connectivity index (χ1n) is 6.64. The van der Waals surface area contributed by atoms with E-state index in [9.17, 15) is 0 Å². The third-order valence-electron chi connectivity index (χ3n) is 2.91. The largest absolute Gasteiger partial charge is 0.360 e. The molecule has 2 aromatic rings. The predicted octanol–water partition coefficient (Wildman–Crippen LogP) is 2.52. The van der Waals surface area contributed by atoms with Crippen molar-refractivity contribution in [2.75, 3.05) is 20.1 Å². The first kappa shape index (κ1) is 14.2. The van der Waals surface area contributed by atoms with Crippen LogP contribution in [0.1, 0.15) is 23.3 Å². The average Bonchev–Trinajstić information content (AvgIpc) is 3.05. The van der Waals surface area contributed by atoms with Gasteiger partial charge in [-0.15, -0.1) is 11.3 Å². The van der Waals surface area contributed by atoms with Gasteiger partial charge in [0.15, 0.2) is 5.76 Å². The molecule has 1 N–H and O–H groups in total. The summed E-state index contributed by atoms with van der Waals surface area (Å²) in [4.78, 5) is 3.69. The van der Waals surface area contributed by atoms with Gasteiger partial charge in [-0.25, -0.2) is 0 Å². The number of aromatic nitrogens is 1. The van der Waals surface area contributed by atoms with Gasteiger partial charge in [-0.05, 0) is 31.5 Å². The van der Waals surface area contributed by atoms with Crippen LogP contribution in [0.5, 0.6) is 0 Å². The predicted molar refractivity (Wildman–Crippen MR) is 78.2 cm³/mol. The lowest BCUT2D eigenvalue weighted by Gasteiger charge is -2.13. The first-order valence-corrected chi connectivity index (χ1v) is 7.52. The molecule has 0 atom stereocenters. The van der Waals surface area contributed by atoms with Gasteiger partial charge >= 0.3 is 0 Å². The van der Waals surface area contributed by atoms with E-state index in [0.717, 1.165) is 44.1 Å². The van der Waals surface area contributed by atoms with Crippen molar-refractivity contribution in [3.8, 4) is 0 Å². The van der Waals surface area contributed by atoms with Crippen LogP contribution >= 0.6 is 11.3 Å². The molecule has 5 heteroatoms. The SMILES string of the molecule is CCNCc1cc(CN(C)CCc2cccs2)on1. The number of nitrogens with zero attached hydrogens (tertiary/aromatic N) is 2. The van der Waals surface area contributed by atoms with Crippen LogP contribution in [0.15, 0.2) is 28.1 Å². The smallest absolute Gasteiger partial charge is 0.151 e. The van der Waals surface area contributed by atoms with E-state index in [-0.39, 0.29) is 0 Å². The Labute approximate surface area is 118 Å². The minimum Gasteiger partial charge on any atom is -0.360 e. The van der Waals surface area contributed by atoms with Gasteiger partial charge in [-0.2, -0.15) is 0 Å². The number of likely N-dealkylation sites (N-methyl/N-ethyl adjacent to an activating group) is 1. The van der Waals surface area contributed by atoms with E-state index in [0.29, 0.717) is 0 Å². The molecule has 0 saturated carbocycles. The molecule has 0 aliphatic rings. The first-order chi connectivity index (χ1) is 9.28. The fraction of sp³-hybridized carbons (Fsp3) is 0.500. The van der Waals surface area contributed by atoms with Crippen LogP contribution in [-0.4, -0.2) is 30.2 Å². The zero-order valence-electron chi connectivity index (χ0n) is 11.6. The summed E-state index contributed by atoms with van der Waals surface area (Å²) in [5, 5.41) is 9.42. The van der Waals surface area contributed by atoms with E-state index in [1.54, 1.807) is 0 Å². The van der Waals surface area contributed by atoms with Crippen molar-refractivity contribution < 1.29 is 4.52 Å². The van der Waals surface area contributed by atoms with Crippen LogP contribution in [0.25, 0.3) is 0 Å². The minimum atomic E-state index is 0.777. The molecule has 4 nitrogen and oxygen atoms in total. The molecule has 0 radical (unpaired) electrons. The Morgan fingerprint density at radius 3 is 3.11 bits per heavy atom. The van der Waals surface area contributed by atoms with Gasteiger partial charge in [0.1, 0.15) is 0 Å². The summed E-state index contributed by atoms with van der Waals surface area (Å²) in [6.45, 7) is 5.65. The molecule has 0 aliphatic heterocycles. The van der Waals surface area contributed by atoms with Gasteiger partial charge in [0.05, 0.1) is 12.2 Å². The summed E-state index contributed by atoms with van der Waals surface area (Å²) in [7, 11) is 2.11. The van der Waals surface area contributed by atoms with Crippen molar-refractivity contribution in [2.45, 2.75) is 26.4 Å². The molecule has 0 aromatic carbocycles. The molecule has 2 rings (SSSR count). The normalized spacial score (nSPS) is 11.3. The van der Waals surface area contributed by atoms with Gasteiger partial charge in [0, 0.05) is 24.0 Å². The van der Waals surface area contributed by atoms with Gasteiger partial charge in [0.25, 0.3) is 0 Å². The number of hydrogen-bond acceptors (Lipinski definition) is 5. The van der Waals surface area contributed by atoms with Crippen molar-refractivity contribution in [3.05, 3.63) is 39.9 Å². The molecule has 0 amide bonds. The van der Waals surface area contributed by atoms with Gasteiger partial charge in [-0.1, -0.05) is 18.1 Å². The van der Waals surface area contributed by atoms with E-state index < -0.39 is 0 Å². The van der Waals surface area contributed by atoms with Crippen LogP contribution in [0.4, 0.5) is 0 Å². The van der Waals surface area contributed by atoms with E-state index in [4.69, 9.17) is 4.52 Å². The van der Waals surface area contributed by atoms with Crippen LogP contribution in [0, 0.1) is 0 Å². The maximum absolute atomic E-state index is 5.34. The second kappa shape index (κ2) is 7.43. The highest BCUT2D eigenvalue weighted by atomic mass is 32.1. The molecule has 0 unspecified atom stereocenters. The standard InChI is InChI=1S/C14H21N3OS/c1-3-15-10-12-9-13(18-16-12)11-17(2)7-6-14-5-4-8-19-14/h4-5,8-9,15H,3,6-7,10-11H2,1-2H3. The van der Waals surface area contributed by atoms with Crippen molar-refractivity contribution in [1.29, 1.82) is 0 Å². The fourth-order valence-corrected chi connectivity index (χ4v) is 2.57. The molecule has 2 heterocycles. The summed E-state index contributed by atoms with van der Waals surface area (Å²) in [6, 6.07) is 6.31. The average molecular weight is 279 g/mol. The Morgan fingerprint density at radius 1 is 1.47 bits per heavy atom. The lowest BCUT2D eigenvalue weighted by atomic mass is 10.3. The van der Waals surface area contributed by atoms with E-state index in [1.165, 1.54) is 4.88 Å². The topological polar surface area (TPSA) is 41.3 Å². The van der Waals surface area contributed by atoms with Crippen molar-refractivity contribution in [2.24, 2.45) is 0 Å². The monoisotopic (exact) mass is 279 g/mol. The molecule has 0 aliphatic carbocycles. The highest BCUT2D eigenvalue weighted by Crippen LogP contribution is 2.11. The number of thiophene rings is 1. The minimum absolute atomic E-state index is 0.777. The quantitative estimate of drug-likeness (QED) is 0.806. The highest BCUT2D eigenvalue weighted by molar-refractivity contribution is 7.09. The Kier molecular flexibility index (Phi) is 5.57. The van der Waals surface area contributed by atoms with E-state index >= 15 is 0 Å². The van der Waals surface area contributed by atoms with E-state index in [1.807, 2.05) is 17.4 Å². The van der Waals surface area contributed by atoms with Gasteiger partial charge in [-0.3, -0.25) is 4.90 Å². The van der Waals surface area contributed by atoms with Gasteiger partial charge in [0.2, 0.25) is 0 Å². The van der Waals surface area contributed by atoms with Crippen LogP contribution in [0.2, 0.25) is 0 Å². The molecule has 104 valence electrons. The van der Waals surface area contributed by atoms with Crippen LogP contribution < -0.4 is 5.32 Å². The fourth-order valence-electron chi connectivity index (χ4n) is 1.87. The third-order valence-corrected chi connectivity index (χ3v) is 3.85. The van der Waals surface area contributed by atoms with Crippen LogP contribution in [0.3, 0.4) is 0 Å². The molecular formula is C14H21N3OS. The summed E-state index contributed by atoms with van der Waals surface area (Å²) >= 11 is 1.81.